The van der Waals surface area contributed by atoms with Gasteiger partial charge >= 0.3 is 5.97 Å². The smallest absolute Gasteiger partial charge is 0.325 e. The molecule has 1 aromatic carbocycles. The minimum Gasteiger partial charge on any atom is -0.468 e. The standard InChI is InChI=1S/C21H26N2O5/c1-14-7-3-4-8-15(14)11-22(13-19(25)28-2)18(24)12-23-20(26)16-9-5-6-10-17(16)21(23)27/h3-4,7-8,16-17H,5-6,9-13H2,1-2H3. The molecule has 2 aliphatic rings. The number of fused-ring (bicyclic) bond motifs is 1. The molecule has 1 heterocycles. The SMILES string of the molecule is COC(=O)CN(Cc1ccccc1C)C(=O)CN1C(=O)C2CCCCC2C1=O. The number of hydrogen-bond donors (Lipinski definition) is 0. The lowest BCUT2D eigenvalue weighted by molar-refractivity contribution is -0.150. The van der Waals surface area contributed by atoms with Crippen LogP contribution < -0.4 is 0 Å². The van der Waals surface area contributed by atoms with Gasteiger partial charge in [-0.1, -0.05) is 37.1 Å². The summed E-state index contributed by atoms with van der Waals surface area (Å²) >= 11 is 0. The van der Waals surface area contributed by atoms with E-state index in [0.29, 0.717) is 12.8 Å². The maximum Gasteiger partial charge on any atom is 0.325 e. The quantitative estimate of drug-likeness (QED) is 0.549. The fraction of sp³-hybridized carbons (Fsp3) is 0.524. The van der Waals surface area contributed by atoms with Crippen LogP contribution in [0.3, 0.4) is 0 Å². The van der Waals surface area contributed by atoms with Gasteiger partial charge in [-0.3, -0.25) is 24.1 Å². The van der Waals surface area contributed by atoms with E-state index in [0.717, 1.165) is 28.9 Å². The number of imide groups is 1. The predicted octanol–water partition coefficient (Wildman–Crippen LogP) is 1.67. The molecule has 3 amide bonds. The minimum atomic E-state index is -0.547. The van der Waals surface area contributed by atoms with Gasteiger partial charge in [0.05, 0.1) is 18.9 Å². The zero-order valence-corrected chi connectivity index (χ0v) is 16.3. The van der Waals surface area contributed by atoms with Crippen LogP contribution in [-0.2, 0) is 30.5 Å². The van der Waals surface area contributed by atoms with Crippen molar-refractivity contribution in [1.29, 1.82) is 0 Å². The third kappa shape index (κ3) is 4.08. The number of hydrogen-bond acceptors (Lipinski definition) is 5. The molecule has 1 aliphatic heterocycles. The summed E-state index contributed by atoms with van der Waals surface area (Å²) in [6, 6.07) is 7.57. The summed E-state index contributed by atoms with van der Waals surface area (Å²) in [4.78, 5) is 52.5. The van der Waals surface area contributed by atoms with Crippen molar-refractivity contribution >= 4 is 23.7 Å². The second-order valence-electron chi connectivity index (χ2n) is 7.51. The highest BCUT2D eigenvalue weighted by Crippen LogP contribution is 2.37. The van der Waals surface area contributed by atoms with Crippen molar-refractivity contribution < 1.29 is 23.9 Å². The third-order valence-electron chi connectivity index (χ3n) is 5.75. The second kappa shape index (κ2) is 8.54. The van der Waals surface area contributed by atoms with E-state index in [-0.39, 0.29) is 43.3 Å². The first kappa shape index (κ1) is 20.0. The number of carbonyl (C=O) groups excluding carboxylic acids is 4. The summed E-state index contributed by atoms with van der Waals surface area (Å²) in [6.07, 6.45) is 3.28. The fourth-order valence-electron chi connectivity index (χ4n) is 4.07. The third-order valence-corrected chi connectivity index (χ3v) is 5.75. The maximum absolute atomic E-state index is 12.9. The number of benzene rings is 1. The fourth-order valence-corrected chi connectivity index (χ4v) is 4.07. The van der Waals surface area contributed by atoms with Crippen LogP contribution in [0.1, 0.15) is 36.8 Å². The Hall–Kier alpha value is -2.70. The van der Waals surface area contributed by atoms with Gasteiger partial charge in [0, 0.05) is 6.54 Å². The van der Waals surface area contributed by atoms with Gasteiger partial charge in [0.1, 0.15) is 13.1 Å². The Balaban J connectivity index is 1.75. The van der Waals surface area contributed by atoms with Gasteiger partial charge in [0.15, 0.2) is 0 Å². The first-order valence-electron chi connectivity index (χ1n) is 9.66. The molecule has 1 saturated carbocycles. The highest BCUT2D eigenvalue weighted by molar-refractivity contribution is 6.07. The van der Waals surface area contributed by atoms with Crippen LogP contribution in [0.4, 0.5) is 0 Å². The molecular weight excluding hydrogens is 360 g/mol. The van der Waals surface area contributed by atoms with Gasteiger partial charge in [-0.25, -0.2) is 0 Å². The van der Waals surface area contributed by atoms with Crippen LogP contribution >= 0.6 is 0 Å². The molecule has 1 aromatic rings. The molecule has 3 rings (SSSR count). The largest absolute Gasteiger partial charge is 0.468 e. The van der Waals surface area contributed by atoms with Gasteiger partial charge in [-0.05, 0) is 30.9 Å². The summed E-state index contributed by atoms with van der Waals surface area (Å²) in [5.41, 5.74) is 1.89. The van der Waals surface area contributed by atoms with Crippen LogP contribution in [0.25, 0.3) is 0 Å². The molecule has 7 nitrogen and oxygen atoms in total. The number of carbonyl (C=O) groups is 4. The van der Waals surface area contributed by atoms with E-state index in [1.165, 1.54) is 12.0 Å². The molecule has 0 N–H and O–H groups in total. The van der Waals surface area contributed by atoms with Crippen LogP contribution in [0.5, 0.6) is 0 Å². The molecule has 7 heteroatoms. The Labute approximate surface area is 164 Å². The molecule has 0 radical (unpaired) electrons. The van der Waals surface area contributed by atoms with E-state index < -0.39 is 11.9 Å². The van der Waals surface area contributed by atoms with E-state index in [4.69, 9.17) is 4.74 Å². The Kier molecular flexibility index (Phi) is 6.11. The zero-order valence-electron chi connectivity index (χ0n) is 16.3. The van der Waals surface area contributed by atoms with Crippen molar-refractivity contribution in [3.05, 3.63) is 35.4 Å². The van der Waals surface area contributed by atoms with Gasteiger partial charge in [0.25, 0.3) is 0 Å². The molecule has 0 aromatic heterocycles. The van der Waals surface area contributed by atoms with E-state index in [1.807, 2.05) is 31.2 Å². The summed E-state index contributed by atoms with van der Waals surface area (Å²) in [7, 11) is 1.26. The van der Waals surface area contributed by atoms with Crippen molar-refractivity contribution in [2.24, 2.45) is 11.8 Å². The number of ether oxygens (including phenoxy) is 1. The lowest BCUT2D eigenvalue weighted by atomic mass is 9.81. The van der Waals surface area contributed by atoms with Gasteiger partial charge < -0.3 is 9.64 Å². The molecule has 1 saturated heterocycles. The summed E-state index contributed by atoms with van der Waals surface area (Å²) in [5.74, 6) is -2.07. The van der Waals surface area contributed by atoms with E-state index in [9.17, 15) is 19.2 Å². The van der Waals surface area contributed by atoms with Crippen LogP contribution in [0.15, 0.2) is 24.3 Å². The number of likely N-dealkylation sites (tertiary alicyclic amines) is 1. The minimum absolute atomic E-state index is 0.212. The van der Waals surface area contributed by atoms with Gasteiger partial charge in [0.2, 0.25) is 17.7 Å². The van der Waals surface area contributed by atoms with Gasteiger partial charge in [-0.15, -0.1) is 0 Å². The molecule has 2 fully saturated rings. The number of esters is 1. The lowest BCUT2D eigenvalue weighted by Crippen LogP contribution is -2.44. The molecule has 0 bridgehead atoms. The summed E-state index contributed by atoms with van der Waals surface area (Å²) in [5, 5.41) is 0. The lowest BCUT2D eigenvalue weighted by Gasteiger charge is -2.25. The average molecular weight is 386 g/mol. The van der Waals surface area contributed by atoms with E-state index in [1.54, 1.807) is 0 Å². The topological polar surface area (TPSA) is 84.0 Å². The first-order valence-corrected chi connectivity index (χ1v) is 9.66. The molecule has 28 heavy (non-hydrogen) atoms. The zero-order chi connectivity index (χ0) is 20.3. The normalized spacial score (nSPS) is 21.4. The highest BCUT2D eigenvalue weighted by atomic mass is 16.5. The summed E-state index contributed by atoms with van der Waals surface area (Å²) < 4.78 is 4.71. The molecule has 1 aliphatic carbocycles. The first-order chi connectivity index (χ1) is 13.4. The number of aryl methyl sites for hydroxylation is 1. The van der Waals surface area contributed by atoms with Crippen molar-refractivity contribution in [2.45, 2.75) is 39.2 Å². The van der Waals surface area contributed by atoms with Gasteiger partial charge in [-0.2, -0.15) is 0 Å². The Morgan fingerprint density at radius 1 is 1.11 bits per heavy atom. The monoisotopic (exact) mass is 386 g/mol. The Bertz CT molecular complexity index is 767. The summed E-state index contributed by atoms with van der Waals surface area (Å²) in [6.45, 7) is 1.58. The van der Waals surface area contributed by atoms with Crippen LogP contribution in [-0.4, -0.2) is 53.7 Å². The van der Waals surface area contributed by atoms with Crippen molar-refractivity contribution in [3.8, 4) is 0 Å². The van der Waals surface area contributed by atoms with Crippen molar-refractivity contribution in [1.82, 2.24) is 9.80 Å². The van der Waals surface area contributed by atoms with Crippen molar-refractivity contribution in [2.75, 3.05) is 20.2 Å². The van der Waals surface area contributed by atoms with Crippen LogP contribution in [0.2, 0.25) is 0 Å². The Morgan fingerprint density at radius 3 is 2.29 bits per heavy atom. The second-order valence-corrected chi connectivity index (χ2v) is 7.51. The van der Waals surface area contributed by atoms with Crippen LogP contribution in [0, 0.1) is 18.8 Å². The van der Waals surface area contributed by atoms with E-state index >= 15 is 0 Å². The molecule has 0 spiro atoms. The number of amides is 3. The Morgan fingerprint density at radius 2 is 1.71 bits per heavy atom. The number of rotatable bonds is 6. The molecule has 2 unspecified atom stereocenters. The van der Waals surface area contributed by atoms with E-state index in [2.05, 4.69) is 0 Å². The number of nitrogens with zero attached hydrogens (tertiary/aromatic N) is 2. The maximum atomic E-state index is 12.9. The predicted molar refractivity (Wildman–Crippen MR) is 101 cm³/mol. The van der Waals surface area contributed by atoms with Crippen molar-refractivity contribution in [3.63, 3.8) is 0 Å². The molecular formula is C21H26N2O5. The highest BCUT2D eigenvalue weighted by Gasteiger charge is 2.48. The molecule has 2 atom stereocenters. The molecule has 150 valence electrons. The number of methoxy groups -OCH3 is 1. The average Bonchev–Trinajstić information content (AvgIpc) is 2.94.